The Hall–Kier alpha value is -3.59. The van der Waals surface area contributed by atoms with E-state index in [-0.39, 0.29) is 24.0 Å². The molecule has 0 aliphatic carbocycles. The number of rotatable bonds is 5. The molecule has 2 heterocycles. The zero-order chi connectivity index (χ0) is 24.4. The number of fused-ring (bicyclic) bond motifs is 1. The zero-order valence-corrected chi connectivity index (χ0v) is 19.9. The van der Waals surface area contributed by atoms with Gasteiger partial charge in [-0.25, -0.2) is 12.8 Å². The SMILES string of the molecule is O=C([C@H]1CN(S(=O)(=O)Cc2ccccc2)c2ccccc2O1)N1CCN(c2ccccc2F)CC1. The van der Waals surface area contributed by atoms with E-state index in [0.717, 1.165) is 0 Å². The van der Waals surface area contributed by atoms with Crippen LogP contribution in [0.1, 0.15) is 5.56 Å². The highest BCUT2D eigenvalue weighted by Gasteiger charge is 2.39. The monoisotopic (exact) mass is 495 g/mol. The van der Waals surface area contributed by atoms with Gasteiger partial charge in [-0.2, -0.15) is 0 Å². The summed E-state index contributed by atoms with van der Waals surface area (Å²) in [5, 5.41) is 0. The van der Waals surface area contributed by atoms with Gasteiger partial charge in [0.1, 0.15) is 11.6 Å². The van der Waals surface area contributed by atoms with Gasteiger partial charge in [0.05, 0.1) is 23.7 Å². The number of sulfonamides is 1. The predicted octanol–water partition coefficient (Wildman–Crippen LogP) is 3.27. The van der Waals surface area contributed by atoms with Crippen molar-refractivity contribution in [2.75, 3.05) is 41.9 Å². The van der Waals surface area contributed by atoms with Crippen LogP contribution >= 0.6 is 0 Å². The number of hydrogen-bond donors (Lipinski definition) is 0. The number of para-hydroxylation sites is 3. The first-order chi connectivity index (χ1) is 16.9. The lowest BCUT2D eigenvalue weighted by Gasteiger charge is -2.40. The molecule has 182 valence electrons. The molecule has 1 atom stereocenters. The molecule has 0 spiro atoms. The summed E-state index contributed by atoms with van der Waals surface area (Å²) < 4.78 is 48.2. The van der Waals surface area contributed by atoms with Crippen molar-refractivity contribution in [3.05, 3.63) is 90.2 Å². The first-order valence-electron chi connectivity index (χ1n) is 11.5. The maximum Gasteiger partial charge on any atom is 0.265 e. The molecular weight excluding hydrogens is 469 g/mol. The molecular formula is C26H26FN3O4S. The van der Waals surface area contributed by atoms with E-state index in [1.54, 1.807) is 71.6 Å². The van der Waals surface area contributed by atoms with Crippen molar-refractivity contribution in [2.45, 2.75) is 11.9 Å². The average Bonchev–Trinajstić information content (AvgIpc) is 2.88. The Morgan fingerprint density at radius 2 is 1.49 bits per heavy atom. The number of amides is 1. The van der Waals surface area contributed by atoms with E-state index in [4.69, 9.17) is 4.74 Å². The number of benzene rings is 3. The van der Waals surface area contributed by atoms with Crippen LogP contribution in [0.5, 0.6) is 5.75 Å². The van der Waals surface area contributed by atoms with Gasteiger partial charge in [-0.1, -0.05) is 54.6 Å². The molecule has 0 bridgehead atoms. The molecule has 3 aromatic carbocycles. The number of nitrogens with zero attached hydrogens (tertiary/aromatic N) is 3. The van der Waals surface area contributed by atoms with E-state index in [2.05, 4.69) is 0 Å². The Morgan fingerprint density at radius 3 is 2.20 bits per heavy atom. The summed E-state index contributed by atoms with van der Waals surface area (Å²) >= 11 is 0. The maximum atomic E-state index is 14.2. The molecule has 0 aromatic heterocycles. The number of carbonyl (C=O) groups excluding carboxylic acids is 1. The molecule has 35 heavy (non-hydrogen) atoms. The van der Waals surface area contributed by atoms with Crippen LogP contribution in [0.15, 0.2) is 78.9 Å². The minimum absolute atomic E-state index is 0.0987. The highest BCUT2D eigenvalue weighted by atomic mass is 32.2. The van der Waals surface area contributed by atoms with Crippen LogP contribution in [-0.4, -0.2) is 58.1 Å². The van der Waals surface area contributed by atoms with Crippen LogP contribution < -0.4 is 13.9 Å². The fraction of sp³-hybridized carbons (Fsp3) is 0.269. The lowest BCUT2D eigenvalue weighted by atomic mass is 10.2. The van der Waals surface area contributed by atoms with Gasteiger partial charge in [-0.3, -0.25) is 9.10 Å². The van der Waals surface area contributed by atoms with Crippen LogP contribution in [0.4, 0.5) is 15.8 Å². The van der Waals surface area contributed by atoms with Gasteiger partial charge in [0.25, 0.3) is 5.91 Å². The Kier molecular flexibility index (Phi) is 6.34. The van der Waals surface area contributed by atoms with Crippen molar-refractivity contribution in [1.29, 1.82) is 0 Å². The smallest absolute Gasteiger partial charge is 0.265 e. The molecule has 1 fully saturated rings. The lowest BCUT2D eigenvalue weighted by Crippen LogP contribution is -2.56. The molecule has 3 aromatic rings. The quantitative estimate of drug-likeness (QED) is 0.544. The molecule has 9 heteroatoms. The first-order valence-corrected chi connectivity index (χ1v) is 13.1. The van der Waals surface area contributed by atoms with Gasteiger partial charge in [-0.15, -0.1) is 0 Å². The highest BCUT2D eigenvalue weighted by molar-refractivity contribution is 7.92. The zero-order valence-electron chi connectivity index (χ0n) is 19.1. The van der Waals surface area contributed by atoms with Crippen molar-refractivity contribution < 1.29 is 22.3 Å². The van der Waals surface area contributed by atoms with Crippen LogP contribution in [0.2, 0.25) is 0 Å². The maximum absolute atomic E-state index is 14.2. The lowest BCUT2D eigenvalue weighted by molar-refractivity contribution is -0.138. The Balaban J connectivity index is 1.33. The minimum Gasteiger partial charge on any atom is -0.476 e. The molecule has 5 rings (SSSR count). The van der Waals surface area contributed by atoms with Gasteiger partial charge >= 0.3 is 0 Å². The van der Waals surface area contributed by atoms with E-state index in [0.29, 0.717) is 48.9 Å². The van der Waals surface area contributed by atoms with Gasteiger partial charge in [0.2, 0.25) is 10.0 Å². The minimum atomic E-state index is -3.76. The second kappa shape index (κ2) is 9.58. The van der Waals surface area contributed by atoms with Crippen molar-refractivity contribution in [2.24, 2.45) is 0 Å². The standard InChI is InChI=1S/C26H26FN3O4S/c27-21-10-4-5-11-22(21)28-14-16-29(17-15-28)26(31)25-18-30(23-12-6-7-13-24(23)34-25)35(32,33)19-20-8-2-1-3-9-20/h1-13,25H,14-19H2/t25-/m1/s1. The Morgan fingerprint density at radius 1 is 0.857 bits per heavy atom. The fourth-order valence-electron chi connectivity index (χ4n) is 4.54. The summed E-state index contributed by atoms with van der Waals surface area (Å²) in [4.78, 5) is 17.0. The largest absolute Gasteiger partial charge is 0.476 e. The van der Waals surface area contributed by atoms with Gasteiger partial charge in [-0.05, 0) is 29.8 Å². The number of carbonyl (C=O) groups is 1. The average molecular weight is 496 g/mol. The Bertz CT molecular complexity index is 1310. The van der Waals surface area contributed by atoms with E-state index in [1.807, 2.05) is 11.0 Å². The van der Waals surface area contributed by atoms with Crippen LogP contribution in [0.25, 0.3) is 0 Å². The van der Waals surface area contributed by atoms with Crippen LogP contribution in [-0.2, 0) is 20.6 Å². The summed E-state index contributed by atoms with van der Waals surface area (Å²) in [6, 6.07) is 22.4. The molecule has 0 radical (unpaired) electrons. The van der Waals surface area contributed by atoms with Gasteiger partial charge in [0.15, 0.2) is 6.10 Å². The first kappa shape index (κ1) is 23.2. The fourth-order valence-corrected chi connectivity index (χ4v) is 6.12. The van der Waals surface area contributed by atoms with Gasteiger partial charge < -0.3 is 14.5 Å². The summed E-state index contributed by atoms with van der Waals surface area (Å²) in [6.45, 7) is 1.65. The molecule has 0 N–H and O–H groups in total. The number of halogens is 1. The molecule has 2 aliphatic heterocycles. The van der Waals surface area contributed by atoms with Crippen LogP contribution in [0, 0.1) is 5.82 Å². The Labute approximate surface area is 204 Å². The normalized spacial score (nSPS) is 18.1. The number of piperazine rings is 1. The third-order valence-electron chi connectivity index (χ3n) is 6.32. The topological polar surface area (TPSA) is 70.2 Å². The molecule has 0 saturated carbocycles. The molecule has 0 unspecified atom stereocenters. The van der Waals surface area contributed by atoms with Crippen molar-refractivity contribution in [3.8, 4) is 5.75 Å². The van der Waals surface area contributed by atoms with Gasteiger partial charge in [0, 0.05) is 26.2 Å². The predicted molar refractivity (Wildman–Crippen MR) is 132 cm³/mol. The summed E-state index contributed by atoms with van der Waals surface area (Å²) in [6.07, 6.45) is -0.963. The highest BCUT2D eigenvalue weighted by Crippen LogP contribution is 2.36. The van der Waals surface area contributed by atoms with Crippen molar-refractivity contribution >= 4 is 27.3 Å². The molecule has 1 saturated heterocycles. The number of ether oxygens (including phenoxy) is 1. The third-order valence-corrected chi connectivity index (χ3v) is 8.04. The molecule has 7 nitrogen and oxygen atoms in total. The summed E-state index contributed by atoms with van der Waals surface area (Å²) in [5.74, 6) is -0.380. The van der Waals surface area contributed by atoms with E-state index in [9.17, 15) is 17.6 Å². The summed E-state index contributed by atoms with van der Waals surface area (Å²) in [7, 11) is -3.76. The second-order valence-electron chi connectivity index (χ2n) is 8.61. The van der Waals surface area contributed by atoms with E-state index >= 15 is 0 Å². The number of hydrogen-bond acceptors (Lipinski definition) is 5. The third kappa shape index (κ3) is 4.81. The second-order valence-corrected chi connectivity index (χ2v) is 10.5. The van der Waals surface area contributed by atoms with Crippen molar-refractivity contribution in [1.82, 2.24) is 4.90 Å². The number of anilines is 2. The van der Waals surface area contributed by atoms with E-state index in [1.165, 1.54) is 10.4 Å². The summed E-state index contributed by atoms with van der Waals surface area (Å²) in [5.41, 5.74) is 1.61. The van der Waals surface area contributed by atoms with Crippen LogP contribution in [0.3, 0.4) is 0 Å². The molecule has 1 amide bonds. The van der Waals surface area contributed by atoms with E-state index < -0.39 is 16.1 Å². The van der Waals surface area contributed by atoms with Crippen molar-refractivity contribution in [3.63, 3.8) is 0 Å². The molecule has 2 aliphatic rings.